The van der Waals surface area contributed by atoms with Crippen LogP contribution >= 0.6 is 0 Å². The summed E-state index contributed by atoms with van der Waals surface area (Å²) < 4.78 is 83.5. The van der Waals surface area contributed by atoms with Crippen LogP contribution in [-0.2, 0) is 47.7 Å². The number of hydrogen-bond acceptors (Lipinski definition) is 12. The van der Waals surface area contributed by atoms with Crippen molar-refractivity contribution in [2.24, 2.45) is 28.6 Å². The van der Waals surface area contributed by atoms with Gasteiger partial charge in [0.15, 0.2) is 18.1 Å². The molecule has 0 saturated heterocycles. The first-order chi connectivity index (χ1) is 18.5. The van der Waals surface area contributed by atoms with Crippen molar-refractivity contribution in [2.45, 2.75) is 83.0 Å². The molecule has 0 radical (unpaired) electrons. The van der Waals surface area contributed by atoms with Crippen LogP contribution in [0, 0.1) is 28.6 Å². The molecular formula is C26H37FO12S2. The van der Waals surface area contributed by atoms with E-state index in [0.29, 0.717) is 12.5 Å². The molecule has 0 heterocycles. The third-order valence-corrected chi connectivity index (χ3v) is 11.2. The van der Waals surface area contributed by atoms with Gasteiger partial charge in [0.05, 0.1) is 18.6 Å². The molecule has 0 aromatic heterocycles. The number of fused-ring (bicyclic) bond motifs is 5. The third-order valence-electron chi connectivity index (χ3n) is 10.1. The van der Waals surface area contributed by atoms with E-state index in [1.165, 1.54) is 20.8 Å². The Bertz CT molecular complexity index is 1410. The summed E-state index contributed by atoms with van der Waals surface area (Å²) in [5.41, 5.74) is -8.38. The summed E-state index contributed by atoms with van der Waals surface area (Å²) in [5.74, 6) is -5.65. The number of halogens is 1. The fourth-order valence-electron chi connectivity index (χ4n) is 8.35. The topological polar surface area (TPSA) is 188 Å². The molecule has 0 spiro atoms. The SMILES string of the molecule is CC(=O)OCC(=O)[C@@]1(O)[C@@H](C)C[C@H]2[C@@H]3[C@@H](OS(C)(=O)=O)[C@@H](OS(C)(=O)=O)C4=CC(=O)CC[C@]4(C)[C@@]3(F)[C@@H](O)C[C@@]21C. The second-order valence-corrected chi connectivity index (χ2v) is 15.7. The van der Waals surface area contributed by atoms with Crippen LogP contribution in [-0.4, -0.2) is 93.3 Å². The lowest BCUT2D eigenvalue weighted by atomic mass is 9.42. The molecule has 0 amide bonds. The second-order valence-electron chi connectivity index (χ2n) is 12.5. The van der Waals surface area contributed by atoms with E-state index in [2.05, 4.69) is 0 Å². The molecule has 12 nitrogen and oxygen atoms in total. The molecule has 0 unspecified atom stereocenters. The zero-order valence-electron chi connectivity index (χ0n) is 23.7. The molecule has 3 saturated carbocycles. The Kier molecular flexibility index (Phi) is 7.74. The van der Waals surface area contributed by atoms with E-state index in [1.54, 1.807) is 0 Å². The average molecular weight is 625 g/mol. The molecule has 15 heteroatoms. The monoisotopic (exact) mass is 624 g/mol. The smallest absolute Gasteiger partial charge is 0.303 e. The van der Waals surface area contributed by atoms with Gasteiger partial charge in [-0.3, -0.25) is 22.7 Å². The Hall–Kier alpha value is -1.78. The molecule has 41 heavy (non-hydrogen) atoms. The number of carbonyl (C=O) groups excluding carboxylic acids is 3. The van der Waals surface area contributed by atoms with Crippen molar-refractivity contribution in [1.29, 1.82) is 0 Å². The van der Waals surface area contributed by atoms with E-state index < -0.39 is 109 Å². The van der Waals surface area contributed by atoms with Gasteiger partial charge in [-0.1, -0.05) is 20.8 Å². The summed E-state index contributed by atoms with van der Waals surface area (Å²) in [6, 6.07) is 0. The Morgan fingerprint density at radius 1 is 1.12 bits per heavy atom. The highest BCUT2D eigenvalue weighted by atomic mass is 32.2. The van der Waals surface area contributed by atoms with Gasteiger partial charge in [-0.2, -0.15) is 16.8 Å². The quantitative estimate of drug-likeness (QED) is 0.297. The maximum Gasteiger partial charge on any atom is 0.303 e. The van der Waals surface area contributed by atoms with Crippen LogP contribution in [0.3, 0.4) is 0 Å². The zero-order valence-corrected chi connectivity index (χ0v) is 25.4. The lowest BCUT2D eigenvalue weighted by Gasteiger charge is -2.65. The first kappa shape index (κ1) is 32.1. The lowest BCUT2D eigenvalue weighted by Crippen LogP contribution is -2.75. The number of esters is 1. The van der Waals surface area contributed by atoms with Gasteiger partial charge < -0.3 is 14.9 Å². The van der Waals surface area contributed by atoms with E-state index in [-0.39, 0.29) is 24.8 Å². The molecule has 0 bridgehead atoms. The molecular weight excluding hydrogens is 587 g/mol. The Balaban J connectivity index is 1.99. The molecule has 0 aromatic carbocycles. The molecule has 0 aromatic rings. The highest BCUT2D eigenvalue weighted by Gasteiger charge is 2.79. The Labute approximate surface area is 238 Å². The van der Waals surface area contributed by atoms with Crippen molar-refractivity contribution in [3.63, 3.8) is 0 Å². The van der Waals surface area contributed by atoms with Crippen LogP contribution in [0.1, 0.15) is 53.4 Å². The lowest BCUT2D eigenvalue weighted by molar-refractivity contribution is -0.255. The molecule has 10 atom stereocenters. The standard InChI is InChI=1S/C26H37FO12S2/c1-13-9-16-20-22(39-41(6,35)36)21(38-40(5,33)34)17-10-15(29)7-8-23(17,3)25(20,27)18(30)11-24(16,4)26(13,32)19(31)12-37-14(2)28/h10,13,16,18,20-22,30,32H,7-9,11-12H2,1-6H3/t13-,16-,18-,20+,21-,22+,23-,24-,25+,26-/m0/s1. The highest BCUT2D eigenvalue weighted by molar-refractivity contribution is 7.86. The van der Waals surface area contributed by atoms with E-state index >= 15 is 4.39 Å². The Morgan fingerprint density at radius 2 is 1.71 bits per heavy atom. The molecule has 4 aliphatic carbocycles. The fraction of sp³-hybridized carbons (Fsp3) is 0.808. The number of hydrogen-bond donors (Lipinski definition) is 2. The van der Waals surface area contributed by atoms with E-state index in [1.807, 2.05) is 0 Å². The van der Waals surface area contributed by atoms with Crippen LogP contribution < -0.4 is 0 Å². The van der Waals surface area contributed by atoms with Crippen molar-refractivity contribution in [3.05, 3.63) is 11.6 Å². The molecule has 4 aliphatic rings. The van der Waals surface area contributed by atoms with Crippen LogP contribution in [0.5, 0.6) is 0 Å². The van der Waals surface area contributed by atoms with Gasteiger partial charge in [-0.05, 0) is 42.7 Å². The van der Waals surface area contributed by atoms with Crippen molar-refractivity contribution >= 4 is 37.8 Å². The first-order valence-electron chi connectivity index (χ1n) is 13.3. The Morgan fingerprint density at radius 3 is 2.24 bits per heavy atom. The normalized spacial score (nSPS) is 44.3. The molecule has 3 fully saturated rings. The molecule has 2 N–H and O–H groups in total. The molecule has 0 aliphatic heterocycles. The summed E-state index contributed by atoms with van der Waals surface area (Å²) in [4.78, 5) is 37.3. The zero-order chi connectivity index (χ0) is 31.1. The number of carbonyl (C=O) groups is 3. The van der Waals surface area contributed by atoms with Crippen LogP contribution in [0.25, 0.3) is 0 Å². The predicted molar refractivity (Wildman–Crippen MR) is 140 cm³/mol. The number of ketones is 2. The number of aliphatic hydroxyl groups is 2. The minimum Gasteiger partial charge on any atom is -0.458 e. The molecule has 232 valence electrons. The number of rotatable bonds is 7. The summed E-state index contributed by atoms with van der Waals surface area (Å²) in [5, 5.41) is 23.6. The van der Waals surface area contributed by atoms with Crippen molar-refractivity contribution < 1.29 is 58.9 Å². The fourth-order valence-corrected chi connectivity index (χ4v) is 9.56. The minimum absolute atomic E-state index is 0.0505. The van der Waals surface area contributed by atoms with Gasteiger partial charge in [-0.15, -0.1) is 0 Å². The number of ether oxygens (including phenoxy) is 1. The average Bonchev–Trinajstić information content (AvgIpc) is 3.01. The molecule has 4 rings (SSSR count). The van der Waals surface area contributed by atoms with E-state index in [4.69, 9.17) is 13.1 Å². The summed E-state index contributed by atoms with van der Waals surface area (Å²) >= 11 is 0. The summed E-state index contributed by atoms with van der Waals surface area (Å²) in [6.07, 6.45) is -3.91. The predicted octanol–water partition coefficient (Wildman–Crippen LogP) is 0.600. The van der Waals surface area contributed by atoms with Gasteiger partial charge in [-0.25, -0.2) is 4.39 Å². The third kappa shape index (κ3) is 4.80. The van der Waals surface area contributed by atoms with Crippen LogP contribution in [0.15, 0.2) is 11.6 Å². The van der Waals surface area contributed by atoms with Gasteiger partial charge in [0, 0.05) is 30.1 Å². The van der Waals surface area contributed by atoms with Crippen molar-refractivity contribution in [2.75, 3.05) is 19.1 Å². The summed E-state index contributed by atoms with van der Waals surface area (Å²) in [6.45, 7) is 4.73. The van der Waals surface area contributed by atoms with Crippen molar-refractivity contribution in [1.82, 2.24) is 0 Å². The maximum absolute atomic E-state index is 18.0. The first-order valence-corrected chi connectivity index (χ1v) is 16.9. The number of alkyl halides is 1. The second kappa shape index (κ2) is 9.88. The van der Waals surface area contributed by atoms with Crippen LogP contribution in [0.4, 0.5) is 4.39 Å². The van der Waals surface area contributed by atoms with Gasteiger partial charge in [0.1, 0.15) is 17.8 Å². The van der Waals surface area contributed by atoms with E-state index in [9.17, 15) is 41.4 Å². The summed E-state index contributed by atoms with van der Waals surface area (Å²) in [7, 11) is -8.77. The van der Waals surface area contributed by atoms with Crippen molar-refractivity contribution in [3.8, 4) is 0 Å². The number of Topliss-reactive ketones (excluding diaryl/α,β-unsaturated/α-hetero) is 1. The maximum atomic E-state index is 18.0. The van der Waals surface area contributed by atoms with Crippen LogP contribution in [0.2, 0.25) is 0 Å². The van der Waals surface area contributed by atoms with Gasteiger partial charge in [0.2, 0.25) is 5.78 Å². The van der Waals surface area contributed by atoms with Gasteiger partial charge in [0.25, 0.3) is 20.2 Å². The van der Waals surface area contributed by atoms with Gasteiger partial charge >= 0.3 is 5.97 Å². The highest BCUT2D eigenvalue weighted by Crippen LogP contribution is 2.72. The van der Waals surface area contributed by atoms with E-state index in [0.717, 1.165) is 13.0 Å². The number of aliphatic hydroxyl groups excluding tert-OH is 1. The minimum atomic E-state index is -4.43. The largest absolute Gasteiger partial charge is 0.458 e.